The second kappa shape index (κ2) is 4.45. The molecule has 0 atom stereocenters. The Labute approximate surface area is 115 Å². The average molecular weight is 279 g/mol. The zero-order valence-corrected chi connectivity index (χ0v) is 11.8. The van der Waals surface area contributed by atoms with E-state index in [-0.39, 0.29) is 11.7 Å². The molecule has 2 rings (SSSR count). The molecular weight excluding hydrogens is 262 g/mol. The first-order valence-electron chi connectivity index (χ1n) is 6.16. The molecule has 108 valence electrons. The van der Waals surface area contributed by atoms with Crippen molar-refractivity contribution in [2.24, 2.45) is 0 Å². The van der Waals surface area contributed by atoms with Gasteiger partial charge in [-0.15, -0.1) is 0 Å². The molecule has 2 aromatic rings. The highest BCUT2D eigenvalue weighted by Crippen LogP contribution is 2.28. The summed E-state index contributed by atoms with van der Waals surface area (Å²) in [6.07, 6.45) is 0. The summed E-state index contributed by atoms with van der Waals surface area (Å²) in [4.78, 5) is 14.4. The number of nitro groups is 1. The van der Waals surface area contributed by atoms with Crippen LogP contribution in [0.3, 0.4) is 0 Å². The van der Waals surface area contributed by atoms with Gasteiger partial charge in [-0.25, -0.2) is 0 Å². The largest absolute Gasteiger partial charge is 0.424 e. The third-order valence-electron chi connectivity index (χ3n) is 3.53. The zero-order chi connectivity index (χ0) is 15.1. The van der Waals surface area contributed by atoms with Crippen molar-refractivity contribution in [1.29, 1.82) is 0 Å². The Hall–Kier alpha value is -2.15. The predicted molar refractivity (Wildman–Crippen MR) is 74.7 cm³/mol. The number of anilines is 1. The molecule has 1 heterocycles. The number of benzene rings is 1. The minimum atomic E-state index is -1.00. The molecule has 7 nitrogen and oxygen atoms in total. The first-order valence-corrected chi connectivity index (χ1v) is 6.16. The Balaban J connectivity index is 2.35. The molecule has 0 spiro atoms. The van der Waals surface area contributed by atoms with Crippen molar-refractivity contribution in [2.45, 2.75) is 38.8 Å². The van der Waals surface area contributed by atoms with Crippen molar-refractivity contribution in [3.63, 3.8) is 0 Å². The maximum absolute atomic E-state index is 10.7. The number of hydrogen-bond acceptors (Lipinski definition) is 6. The number of non-ortho nitro benzene ring substituents is 1. The molecule has 2 N–H and O–H groups in total. The monoisotopic (exact) mass is 279 g/mol. The summed E-state index contributed by atoms with van der Waals surface area (Å²) in [6, 6.07) is 4.43. The van der Waals surface area contributed by atoms with Crippen LogP contribution in [0.25, 0.3) is 11.1 Å². The van der Waals surface area contributed by atoms with Gasteiger partial charge < -0.3 is 14.8 Å². The van der Waals surface area contributed by atoms with E-state index in [9.17, 15) is 15.2 Å². The topological polar surface area (TPSA) is 101 Å². The molecule has 0 amide bonds. The van der Waals surface area contributed by atoms with Crippen LogP contribution >= 0.6 is 0 Å². The summed E-state index contributed by atoms with van der Waals surface area (Å²) in [5, 5.41) is 23.8. The van der Waals surface area contributed by atoms with E-state index in [1.54, 1.807) is 13.8 Å². The maximum atomic E-state index is 10.7. The van der Waals surface area contributed by atoms with Crippen LogP contribution in [-0.2, 0) is 0 Å². The normalized spacial score (nSPS) is 12.7. The zero-order valence-electron chi connectivity index (χ0n) is 11.8. The van der Waals surface area contributed by atoms with Crippen LogP contribution in [0.4, 0.5) is 11.7 Å². The molecule has 1 aromatic carbocycles. The number of rotatable bonds is 4. The van der Waals surface area contributed by atoms with Gasteiger partial charge in [-0.1, -0.05) is 0 Å². The molecular formula is C13H17N3O4. The summed E-state index contributed by atoms with van der Waals surface area (Å²) in [6.45, 7) is 6.97. The van der Waals surface area contributed by atoms with E-state index in [1.807, 2.05) is 13.8 Å². The van der Waals surface area contributed by atoms with E-state index in [0.29, 0.717) is 11.1 Å². The van der Waals surface area contributed by atoms with Crippen molar-refractivity contribution in [3.8, 4) is 0 Å². The van der Waals surface area contributed by atoms with Gasteiger partial charge in [0.05, 0.1) is 16.1 Å². The fourth-order valence-corrected chi connectivity index (χ4v) is 1.50. The quantitative estimate of drug-likeness (QED) is 0.659. The SMILES string of the molecule is CC(C)(O)C(C)(C)Nc1nc2cc([N+](=O)[O-])ccc2o1. The lowest BCUT2D eigenvalue weighted by atomic mass is 9.86. The number of aliphatic hydroxyl groups is 1. The van der Waals surface area contributed by atoms with E-state index >= 15 is 0 Å². The number of oxazole rings is 1. The van der Waals surface area contributed by atoms with Gasteiger partial charge in [0, 0.05) is 12.1 Å². The van der Waals surface area contributed by atoms with Crippen LogP contribution in [0.2, 0.25) is 0 Å². The van der Waals surface area contributed by atoms with E-state index in [4.69, 9.17) is 4.42 Å². The molecule has 20 heavy (non-hydrogen) atoms. The highest BCUT2D eigenvalue weighted by Gasteiger charge is 2.36. The van der Waals surface area contributed by atoms with Crippen molar-refractivity contribution in [2.75, 3.05) is 5.32 Å². The summed E-state index contributed by atoms with van der Waals surface area (Å²) in [5.74, 6) is 0. The second-order valence-electron chi connectivity index (χ2n) is 5.74. The smallest absolute Gasteiger partial charge is 0.296 e. The lowest BCUT2D eigenvalue weighted by molar-refractivity contribution is -0.384. The fraction of sp³-hybridized carbons (Fsp3) is 0.462. The van der Waals surface area contributed by atoms with E-state index in [0.717, 1.165) is 0 Å². The molecule has 1 aromatic heterocycles. The van der Waals surface area contributed by atoms with Crippen LogP contribution < -0.4 is 5.32 Å². The van der Waals surface area contributed by atoms with Crippen LogP contribution in [-0.4, -0.2) is 26.2 Å². The molecule has 0 saturated heterocycles. The molecule has 0 bridgehead atoms. The Morgan fingerprint density at radius 3 is 2.55 bits per heavy atom. The molecule has 0 aliphatic heterocycles. The molecule has 7 heteroatoms. The molecule has 0 saturated carbocycles. The standard InChI is InChI=1S/C13H17N3O4/c1-12(2,13(3,4)17)15-11-14-9-7-8(16(18)19)5-6-10(9)20-11/h5-7,17H,1-4H3,(H,14,15). The van der Waals surface area contributed by atoms with Gasteiger partial charge in [0.2, 0.25) is 0 Å². The maximum Gasteiger partial charge on any atom is 0.296 e. The van der Waals surface area contributed by atoms with Gasteiger partial charge in [0.25, 0.3) is 11.7 Å². The van der Waals surface area contributed by atoms with Gasteiger partial charge in [0.1, 0.15) is 5.52 Å². The van der Waals surface area contributed by atoms with Gasteiger partial charge in [-0.2, -0.15) is 4.98 Å². The summed E-state index contributed by atoms with van der Waals surface area (Å²) >= 11 is 0. The summed E-state index contributed by atoms with van der Waals surface area (Å²) in [5.41, 5.74) is -0.878. The second-order valence-corrected chi connectivity index (χ2v) is 5.74. The van der Waals surface area contributed by atoms with Crippen molar-refractivity contribution < 1.29 is 14.4 Å². The molecule has 0 unspecified atom stereocenters. The highest BCUT2D eigenvalue weighted by atomic mass is 16.6. The Morgan fingerprint density at radius 1 is 1.35 bits per heavy atom. The molecule has 0 aliphatic rings. The van der Waals surface area contributed by atoms with E-state index in [2.05, 4.69) is 10.3 Å². The van der Waals surface area contributed by atoms with Gasteiger partial charge in [0.15, 0.2) is 5.58 Å². The number of nitrogens with one attached hydrogen (secondary N) is 1. The first kappa shape index (κ1) is 14.3. The lowest BCUT2D eigenvalue weighted by Crippen LogP contribution is -2.51. The van der Waals surface area contributed by atoms with Gasteiger partial charge >= 0.3 is 0 Å². The minimum Gasteiger partial charge on any atom is -0.424 e. The number of nitro benzene ring substituents is 1. The summed E-state index contributed by atoms with van der Waals surface area (Å²) in [7, 11) is 0. The van der Waals surface area contributed by atoms with E-state index < -0.39 is 16.1 Å². The minimum absolute atomic E-state index is 0.0425. The Morgan fingerprint density at radius 2 is 2.00 bits per heavy atom. The third-order valence-corrected chi connectivity index (χ3v) is 3.53. The molecule has 0 fully saturated rings. The number of hydrogen-bond donors (Lipinski definition) is 2. The first-order chi connectivity index (χ1) is 9.10. The van der Waals surface area contributed by atoms with Crippen molar-refractivity contribution in [3.05, 3.63) is 28.3 Å². The van der Waals surface area contributed by atoms with Gasteiger partial charge in [-0.3, -0.25) is 10.1 Å². The van der Waals surface area contributed by atoms with Crippen molar-refractivity contribution in [1.82, 2.24) is 4.98 Å². The van der Waals surface area contributed by atoms with Crippen LogP contribution in [0.1, 0.15) is 27.7 Å². The Bertz CT molecular complexity index is 655. The lowest BCUT2D eigenvalue weighted by Gasteiger charge is -2.37. The third kappa shape index (κ3) is 2.57. The predicted octanol–water partition coefficient (Wildman–Crippen LogP) is 2.70. The summed E-state index contributed by atoms with van der Waals surface area (Å²) < 4.78 is 5.48. The fourth-order valence-electron chi connectivity index (χ4n) is 1.50. The number of nitrogens with zero attached hydrogens (tertiary/aromatic N) is 2. The van der Waals surface area contributed by atoms with Gasteiger partial charge in [-0.05, 0) is 33.8 Å². The Kier molecular flexibility index (Phi) is 3.17. The molecule has 0 radical (unpaired) electrons. The highest BCUT2D eigenvalue weighted by molar-refractivity contribution is 5.77. The van der Waals surface area contributed by atoms with Crippen LogP contribution in [0.5, 0.6) is 0 Å². The van der Waals surface area contributed by atoms with Crippen LogP contribution in [0.15, 0.2) is 22.6 Å². The molecule has 0 aliphatic carbocycles. The van der Waals surface area contributed by atoms with Crippen molar-refractivity contribution >= 4 is 22.8 Å². The van der Waals surface area contributed by atoms with E-state index in [1.165, 1.54) is 18.2 Å². The number of aromatic nitrogens is 1. The average Bonchev–Trinajstić information content (AvgIpc) is 2.67. The number of fused-ring (bicyclic) bond motifs is 1. The van der Waals surface area contributed by atoms with Crippen LogP contribution in [0, 0.1) is 10.1 Å².